The quantitative estimate of drug-likeness (QED) is 0.423. The molecule has 184 valence electrons. The highest BCUT2D eigenvalue weighted by atomic mass is 19.4. The number of benzene rings is 1. The van der Waals surface area contributed by atoms with Crippen LogP contribution in [0.4, 0.5) is 19.1 Å². The molecule has 0 bridgehead atoms. The Hall–Kier alpha value is -3.97. The van der Waals surface area contributed by atoms with Crippen molar-refractivity contribution in [2.75, 3.05) is 25.0 Å². The van der Waals surface area contributed by atoms with Gasteiger partial charge in [0.05, 0.1) is 23.0 Å². The summed E-state index contributed by atoms with van der Waals surface area (Å²) in [5.74, 6) is 0.430. The maximum Gasteiger partial charge on any atom is 0.417 e. The molecule has 4 heterocycles. The van der Waals surface area contributed by atoms with Crippen molar-refractivity contribution in [2.45, 2.75) is 31.6 Å². The smallest absolute Gasteiger partial charge is 0.345 e. The number of H-pyrrole nitrogens is 1. The van der Waals surface area contributed by atoms with Crippen LogP contribution in [-0.2, 0) is 12.7 Å². The van der Waals surface area contributed by atoms with Crippen LogP contribution < -0.4 is 4.90 Å². The Morgan fingerprint density at radius 1 is 1.14 bits per heavy atom. The zero-order valence-electron chi connectivity index (χ0n) is 19.6. The van der Waals surface area contributed by atoms with E-state index in [0.29, 0.717) is 17.2 Å². The van der Waals surface area contributed by atoms with Gasteiger partial charge in [0.2, 0.25) is 5.95 Å². The van der Waals surface area contributed by atoms with Crippen molar-refractivity contribution in [3.05, 3.63) is 71.7 Å². The molecule has 7 nitrogen and oxygen atoms in total. The maximum atomic E-state index is 13.3. The minimum Gasteiger partial charge on any atom is -0.345 e. The van der Waals surface area contributed by atoms with Crippen LogP contribution in [0.3, 0.4) is 0 Å². The largest absolute Gasteiger partial charge is 0.417 e. The van der Waals surface area contributed by atoms with Gasteiger partial charge in [-0.05, 0) is 24.5 Å². The van der Waals surface area contributed by atoms with Gasteiger partial charge < -0.3 is 9.88 Å². The number of likely N-dealkylation sites (tertiary alicyclic amines) is 1. The Kier molecular flexibility index (Phi) is 6.33. The first kappa shape index (κ1) is 23.8. The van der Waals surface area contributed by atoms with E-state index in [0.717, 1.165) is 44.7 Å². The van der Waals surface area contributed by atoms with Crippen LogP contribution in [0.15, 0.2) is 55.0 Å². The molecule has 1 N–H and O–H groups in total. The second-order valence-corrected chi connectivity index (χ2v) is 8.97. The molecule has 1 aliphatic heterocycles. The number of nitrogens with one attached hydrogen (secondary N) is 1. The SMILES string of the molecule is CN(c1ncc(C#N)c(-c2c[nH]c3ncc(C(F)(F)F)cc23)n1)C1CCN(Cc2ccccc2)CC1. The molecule has 1 aromatic carbocycles. The van der Waals surface area contributed by atoms with Gasteiger partial charge in [0.1, 0.15) is 11.7 Å². The molecule has 0 radical (unpaired) electrons. The van der Waals surface area contributed by atoms with Crippen LogP contribution in [0.5, 0.6) is 0 Å². The number of piperidine rings is 1. The summed E-state index contributed by atoms with van der Waals surface area (Å²) in [4.78, 5) is 20.2. The first-order valence-electron chi connectivity index (χ1n) is 11.6. The summed E-state index contributed by atoms with van der Waals surface area (Å²) in [5.41, 5.74) is 1.57. The van der Waals surface area contributed by atoms with Crippen LogP contribution in [0.25, 0.3) is 22.3 Å². The van der Waals surface area contributed by atoms with Gasteiger partial charge >= 0.3 is 6.18 Å². The van der Waals surface area contributed by atoms with Crippen molar-refractivity contribution in [3.8, 4) is 17.3 Å². The zero-order valence-corrected chi connectivity index (χ0v) is 19.6. The zero-order chi connectivity index (χ0) is 25.3. The van der Waals surface area contributed by atoms with Gasteiger partial charge in [0.15, 0.2) is 0 Å². The monoisotopic (exact) mass is 491 g/mol. The highest BCUT2D eigenvalue weighted by Gasteiger charge is 2.32. The summed E-state index contributed by atoms with van der Waals surface area (Å²) in [6, 6.07) is 13.7. The normalized spacial score (nSPS) is 15.2. The minimum atomic E-state index is -4.53. The third-order valence-electron chi connectivity index (χ3n) is 6.68. The Morgan fingerprint density at radius 2 is 1.89 bits per heavy atom. The van der Waals surface area contributed by atoms with E-state index in [9.17, 15) is 18.4 Å². The van der Waals surface area contributed by atoms with Gasteiger partial charge in [0, 0.05) is 56.1 Å². The Labute approximate surface area is 206 Å². The summed E-state index contributed by atoms with van der Waals surface area (Å²) >= 11 is 0. The third-order valence-corrected chi connectivity index (χ3v) is 6.68. The van der Waals surface area contributed by atoms with Crippen molar-refractivity contribution in [3.63, 3.8) is 0 Å². The first-order valence-corrected chi connectivity index (χ1v) is 11.6. The Morgan fingerprint density at radius 3 is 2.58 bits per heavy atom. The van der Waals surface area contributed by atoms with Crippen molar-refractivity contribution in [1.29, 1.82) is 5.26 Å². The predicted molar refractivity (Wildman–Crippen MR) is 130 cm³/mol. The van der Waals surface area contributed by atoms with Crippen LogP contribution >= 0.6 is 0 Å². The summed E-state index contributed by atoms with van der Waals surface area (Å²) in [5, 5.41) is 9.90. The lowest BCUT2D eigenvalue weighted by atomic mass is 10.0. The van der Waals surface area contributed by atoms with E-state index < -0.39 is 11.7 Å². The number of aromatic nitrogens is 4. The van der Waals surface area contributed by atoms with E-state index >= 15 is 0 Å². The number of aromatic amines is 1. The summed E-state index contributed by atoms with van der Waals surface area (Å²) < 4.78 is 39.9. The second-order valence-electron chi connectivity index (χ2n) is 8.97. The highest BCUT2D eigenvalue weighted by Crippen LogP contribution is 2.35. The number of pyridine rings is 1. The highest BCUT2D eigenvalue weighted by molar-refractivity contribution is 5.94. The fraction of sp³-hybridized carbons (Fsp3) is 0.308. The average molecular weight is 492 g/mol. The molecule has 0 unspecified atom stereocenters. The van der Waals surface area contributed by atoms with E-state index in [-0.39, 0.29) is 22.7 Å². The lowest BCUT2D eigenvalue weighted by molar-refractivity contribution is -0.137. The van der Waals surface area contributed by atoms with E-state index in [1.165, 1.54) is 18.0 Å². The number of rotatable bonds is 5. The molecule has 4 aromatic rings. The standard InChI is InChI=1S/C26H24F3N7/c1-35(20-7-9-36(10-8-20)16-17-5-3-2-4-6-17)25-33-13-18(12-30)23(34-25)22-15-32-24-21(22)11-19(14-31-24)26(27,28)29/h2-6,11,13-15,20H,7-10,16H2,1H3,(H,31,32). The molecule has 36 heavy (non-hydrogen) atoms. The molecule has 3 aromatic heterocycles. The van der Waals surface area contributed by atoms with Gasteiger partial charge in [-0.2, -0.15) is 18.4 Å². The van der Waals surface area contributed by atoms with Gasteiger partial charge in [-0.3, -0.25) is 4.90 Å². The minimum absolute atomic E-state index is 0.183. The Balaban J connectivity index is 1.38. The van der Waals surface area contributed by atoms with Crippen LogP contribution in [0.1, 0.15) is 29.5 Å². The molecule has 0 aliphatic carbocycles. The van der Waals surface area contributed by atoms with Crippen molar-refractivity contribution < 1.29 is 13.2 Å². The molecule has 0 atom stereocenters. The summed E-state index contributed by atoms with van der Waals surface area (Å²) in [7, 11) is 1.92. The number of hydrogen-bond donors (Lipinski definition) is 1. The molecular formula is C26H24F3N7. The molecular weight excluding hydrogens is 467 g/mol. The number of halogens is 3. The number of nitriles is 1. The second kappa shape index (κ2) is 9.59. The number of anilines is 1. The average Bonchev–Trinajstić information content (AvgIpc) is 3.32. The maximum absolute atomic E-state index is 13.3. The topological polar surface area (TPSA) is 84.7 Å². The van der Waals surface area contributed by atoms with Crippen LogP contribution in [0.2, 0.25) is 0 Å². The van der Waals surface area contributed by atoms with E-state index in [1.54, 1.807) is 0 Å². The number of nitrogens with zero attached hydrogens (tertiary/aromatic N) is 6. The van der Waals surface area contributed by atoms with Crippen LogP contribution in [0, 0.1) is 11.3 Å². The van der Waals surface area contributed by atoms with Crippen LogP contribution in [-0.4, -0.2) is 51.0 Å². The molecule has 0 spiro atoms. The third kappa shape index (κ3) is 4.75. The summed E-state index contributed by atoms with van der Waals surface area (Å²) in [6.07, 6.45) is 1.07. The van der Waals surface area contributed by atoms with E-state index in [2.05, 4.69) is 43.0 Å². The van der Waals surface area contributed by atoms with Gasteiger partial charge in [-0.15, -0.1) is 0 Å². The van der Waals surface area contributed by atoms with Crippen molar-refractivity contribution >= 4 is 17.0 Å². The summed E-state index contributed by atoms with van der Waals surface area (Å²) in [6.45, 7) is 2.77. The van der Waals surface area contributed by atoms with E-state index in [4.69, 9.17) is 0 Å². The first-order chi connectivity index (χ1) is 17.3. The van der Waals surface area contributed by atoms with Gasteiger partial charge in [-0.25, -0.2) is 15.0 Å². The van der Waals surface area contributed by atoms with Gasteiger partial charge in [0.25, 0.3) is 0 Å². The fourth-order valence-electron chi connectivity index (χ4n) is 4.65. The number of alkyl halides is 3. The molecule has 10 heteroatoms. The van der Waals surface area contributed by atoms with Crippen molar-refractivity contribution in [1.82, 2.24) is 24.8 Å². The van der Waals surface area contributed by atoms with Gasteiger partial charge in [-0.1, -0.05) is 30.3 Å². The molecule has 1 saturated heterocycles. The fourth-order valence-corrected chi connectivity index (χ4v) is 4.65. The van der Waals surface area contributed by atoms with E-state index in [1.807, 2.05) is 30.1 Å². The predicted octanol–water partition coefficient (Wildman–Crippen LogP) is 5.01. The molecule has 0 saturated carbocycles. The van der Waals surface area contributed by atoms with Crippen molar-refractivity contribution in [2.24, 2.45) is 0 Å². The molecule has 0 amide bonds. The molecule has 5 rings (SSSR count). The lowest BCUT2D eigenvalue weighted by Gasteiger charge is -2.36. The lowest BCUT2D eigenvalue weighted by Crippen LogP contribution is -2.43. The Bertz CT molecular complexity index is 1400. The number of hydrogen-bond acceptors (Lipinski definition) is 6. The number of fused-ring (bicyclic) bond motifs is 1. The molecule has 1 aliphatic rings. The molecule has 1 fully saturated rings.